The number of hydrogen-bond donors (Lipinski definition) is 1. The molecule has 0 fully saturated rings. The summed E-state index contributed by atoms with van der Waals surface area (Å²) in [6.07, 6.45) is 5.99. The summed E-state index contributed by atoms with van der Waals surface area (Å²) in [5.74, 6) is 0. The van der Waals surface area contributed by atoms with Crippen molar-refractivity contribution in [2.75, 3.05) is 6.54 Å². The van der Waals surface area contributed by atoms with Crippen molar-refractivity contribution in [3.63, 3.8) is 0 Å². The second kappa shape index (κ2) is 4.42. The van der Waals surface area contributed by atoms with Gasteiger partial charge in [0.15, 0.2) is 0 Å². The second-order valence-electron chi connectivity index (χ2n) is 4.41. The van der Waals surface area contributed by atoms with E-state index >= 15 is 0 Å². The summed E-state index contributed by atoms with van der Waals surface area (Å²) in [6.45, 7) is 7.36. The van der Waals surface area contributed by atoms with Crippen molar-refractivity contribution in [2.45, 2.75) is 26.3 Å². The van der Waals surface area contributed by atoms with Gasteiger partial charge in [-0.05, 0) is 32.9 Å². The molecule has 0 radical (unpaired) electrons. The van der Waals surface area contributed by atoms with E-state index in [1.807, 2.05) is 17.8 Å². The van der Waals surface area contributed by atoms with E-state index in [-0.39, 0.29) is 5.54 Å². The van der Waals surface area contributed by atoms with Crippen molar-refractivity contribution in [3.8, 4) is 0 Å². The molecule has 0 spiro atoms. The van der Waals surface area contributed by atoms with E-state index in [0.29, 0.717) is 0 Å². The maximum absolute atomic E-state index is 4.09. The lowest BCUT2D eigenvalue weighted by Crippen LogP contribution is -2.35. The Morgan fingerprint density at radius 3 is 2.71 bits per heavy atom. The number of rotatable bonds is 3. The van der Waals surface area contributed by atoms with Crippen LogP contribution in [0.2, 0.25) is 0 Å². The third-order valence-electron chi connectivity index (χ3n) is 1.90. The molecule has 1 aromatic rings. The Labute approximate surface area is 85.8 Å². The van der Waals surface area contributed by atoms with Crippen molar-refractivity contribution in [2.24, 2.45) is 7.05 Å². The van der Waals surface area contributed by atoms with Crippen molar-refractivity contribution in [1.82, 2.24) is 15.1 Å². The van der Waals surface area contributed by atoms with E-state index in [4.69, 9.17) is 0 Å². The van der Waals surface area contributed by atoms with Crippen LogP contribution in [-0.2, 0) is 7.05 Å². The van der Waals surface area contributed by atoms with Crippen molar-refractivity contribution >= 4 is 6.08 Å². The molecule has 0 aliphatic heterocycles. The van der Waals surface area contributed by atoms with Gasteiger partial charge in [-0.3, -0.25) is 4.68 Å². The molecule has 1 aromatic heterocycles. The molecule has 1 heterocycles. The third kappa shape index (κ3) is 3.75. The summed E-state index contributed by atoms with van der Waals surface area (Å²) in [7, 11) is 1.94. The number of hydrogen-bond acceptors (Lipinski definition) is 2. The highest BCUT2D eigenvalue weighted by Crippen LogP contribution is 2.00. The van der Waals surface area contributed by atoms with Gasteiger partial charge in [-0.15, -0.1) is 0 Å². The van der Waals surface area contributed by atoms with E-state index < -0.39 is 0 Å². The molecule has 0 amide bonds. The van der Waals surface area contributed by atoms with Crippen LogP contribution in [0.4, 0.5) is 0 Å². The fraction of sp³-hybridized carbons (Fsp3) is 0.545. The van der Waals surface area contributed by atoms with Crippen molar-refractivity contribution in [1.29, 1.82) is 0 Å². The standard InChI is InChI=1S/C11H19N3/c1-11(2,3)12-8-5-6-10-7-9-13-14(10)4/h5-7,9,12H,8H2,1-4H3/b6-5+. The van der Waals surface area contributed by atoms with Gasteiger partial charge in [-0.25, -0.2) is 0 Å². The van der Waals surface area contributed by atoms with Crippen LogP contribution in [0.25, 0.3) is 6.08 Å². The molecular weight excluding hydrogens is 174 g/mol. The van der Waals surface area contributed by atoms with E-state index in [1.165, 1.54) is 0 Å². The van der Waals surface area contributed by atoms with E-state index in [0.717, 1.165) is 12.2 Å². The summed E-state index contributed by atoms with van der Waals surface area (Å²) in [5, 5.41) is 7.48. The maximum atomic E-state index is 4.09. The van der Waals surface area contributed by atoms with Crippen LogP contribution in [-0.4, -0.2) is 21.9 Å². The number of nitrogens with one attached hydrogen (secondary N) is 1. The maximum Gasteiger partial charge on any atom is 0.0603 e. The molecule has 1 N–H and O–H groups in total. The Balaban J connectivity index is 2.39. The predicted octanol–water partition coefficient (Wildman–Crippen LogP) is 1.82. The molecule has 0 bridgehead atoms. The topological polar surface area (TPSA) is 29.9 Å². The summed E-state index contributed by atoms with van der Waals surface area (Å²) in [4.78, 5) is 0. The van der Waals surface area contributed by atoms with E-state index in [9.17, 15) is 0 Å². The van der Waals surface area contributed by atoms with Gasteiger partial charge in [0.2, 0.25) is 0 Å². The first-order valence-electron chi connectivity index (χ1n) is 4.88. The van der Waals surface area contributed by atoms with Crippen LogP contribution in [0, 0.1) is 0 Å². The summed E-state index contributed by atoms with van der Waals surface area (Å²) in [5.41, 5.74) is 1.30. The van der Waals surface area contributed by atoms with Gasteiger partial charge in [0.1, 0.15) is 0 Å². The average molecular weight is 193 g/mol. The Hall–Kier alpha value is -1.09. The first-order valence-corrected chi connectivity index (χ1v) is 4.88. The van der Waals surface area contributed by atoms with Crippen LogP contribution in [0.15, 0.2) is 18.3 Å². The first-order chi connectivity index (χ1) is 6.49. The quantitative estimate of drug-likeness (QED) is 0.793. The van der Waals surface area contributed by atoms with Crippen LogP contribution < -0.4 is 5.32 Å². The van der Waals surface area contributed by atoms with Gasteiger partial charge in [0, 0.05) is 25.3 Å². The molecule has 14 heavy (non-hydrogen) atoms. The smallest absolute Gasteiger partial charge is 0.0603 e. The summed E-state index contributed by atoms with van der Waals surface area (Å²) >= 11 is 0. The molecule has 1 rings (SSSR count). The fourth-order valence-electron chi connectivity index (χ4n) is 1.09. The number of aryl methyl sites for hydroxylation is 1. The Bertz CT molecular complexity index is 305. The highest BCUT2D eigenvalue weighted by Gasteiger charge is 2.05. The van der Waals surface area contributed by atoms with Gasteiger partial charge in [-0.1, -0.05) is 6.08 Å². The van der Waals surface area contributed by atoms with Crippen molar-refractivity contribution in [3.05, 3.63) is 24.0 Å². The second-order valence-corrected chi connectivity index (χ2v) is 4.41. The molecule has 78 valence electrons. The zero-order valence-electron chi connectivity index (χ0n) is 9.41. The molecule has 0 aromatic carbocycles. The van der Waals surface area contributed by atoms with Gasteiger partial charge in [0.05, 0.1) is 5.69 Å². The molecule has 0 unspecified atom stereocenters. The zero-order valence-corrected chi connectivity index (χ0v) is 9.41. The highest BCUT2D eigenvalue weighted by molar-refractivity contribution is 5.44. The Kier molecular flexibility index (Phi) is 3.47. The highest BCUT2D eigenvalue weighted by atomic mass is 15.2. The molecular formula is C11H19N3. The lowest BCUT2D eigenvalue weighted by molar-refractivity contribution is 0.450. The summed E-state index contributed by atoms with van der Waals surface area (Å²) in [6, 6.07) is 1.99. The molecule has 0 saturated heterocycles. The molecule has 0 aliphatic carbocycles. The first kappa shape index (κ1) is 11.0. The van der Waals surface area contributed by atoms with Crippen LogP contribution in [0.1, 0.15) is 26.5 Å². The number of nitrogens with zero attached hydrogens (tertiary/aromatic N) is 2. The molecule has 0 saturated carbocycles. The molecule has 0 atom stereocenters. The minimum Gasteiger partial charge on any atom is -0.309 e. The zero-order chi connectivity index (χ0) is 10.6. The van der Waals surface area contributed by atoms with Gasteiger partial charge in [0.25, 0.3) is 0 Å². The average Bonchev–Trinajstić information content (AvgIpc) is 2.44. The number of aromatic nitrogens is 2. The minimum absolute atomic E-state index is 0.177. The largest absolute Gasteiger partial charge is 0.309 e. The molecule has 0 aliphatic rings. The SMILES string of the molecule is Cn1nccc1/C=C/CNC(C)(C)C. The monoisotopic (exact) mass is 193 g/mol. The Morgan fingerprint density at radius 1 is 1.50 bits per heavy atom. The fourth-order valence-corrected chi connectivity index (χ4v) is 1.09. The van der Waals surface area contributed by atoms with Crippen molar-refractivity contribution < 1.29 is 0 Å². The van der Waals surface area contributed by atoms with Gasteiger partial charge >= 0.3 is 0 Å². The summed E-state index contributed by atoms with van der Waals surface area (Å²) < 4.78 is 1.85. The normalized spacial score (nSPS) is 12.6. The van der Waals surface area contributed by atoms with Crippen LogP contribution >= 0.6 is 0 Å². The minimum atomic E-state index is 0.177. The molecule has 3 nitrogen and oxygen atoms in total. The van der Waals surface area contributed by atoms with Crippen LogP contribution in [0.3, 0.4) is 0 Å². The van der Waals surface area contributed by atoms with Crippen LogP contribution in [0.5, 0.6) is 0 Å². The van der Waals surface area contributed by atoms with Gasteiger partial charge < -0.3 is 5.32 Å². The molecule has 3 heteroatoms. The lowest BCUT2D eigenvalue weighted by Gasteiger charge is -2.18. The van der Waals surface area contributed by atoms with E-state index in [1.54, 1.807) is 6.20 Å². The van der Waals surface area contributed by atoms with E-state index in [2.05, 4.69) is 43.3 Å². The van der Waals surface area contributed by atoms with Gasteiger partial charge in [-0.2, -0.15) is 5.10 Å². The Morgan fingerprint density at radius 2 is 2.21 bits per heavy atom. The lowest BCUT2D eigenvalue weighted by atomic mass is 10.1. The third-order valence-corrected chi connectivity index (χ3v) is 1.90. The predicted molar refractivity (Wildman–Crippen MR) is 60.0 cm³/mol.